The summed E-state index contributed by atoms with van der Waals surface area (Å²) in [6.07, 6.45) is 3.29. The van der Waals surface area contributed by atoms with Crippen molar-refractivity contribution in [3.8, 4) is 0 Å². The lowest BCUT2D eigenvalue weighted by Gasteiger charge is -2.35. The van der Waals surface area contributed by atoms with Crippen molar-refractivity contribution in [1.82, 2.24) is 9.62 Å². The summed E-state index contributed by atoms with van der Waals surface area (Å²) in [5, 5.41) is 3.25. The SMILES string of the molecule is COC1CN(S(=O)(=O)CCNC2CC2)CCC1C. The molecule has 1 heterocycles. The van der Waals surface area contributed by atoms with Crippen LogP contribution in [0.25, 0.3) is 0 Å². The van der Waals surface area contributed by atoms with Crippen molar-refractivity contribution < 1.29 is 13.2 Å². The van der Waals surface area contributed by atoms with Gasteiger partial charge in [0.2, 0.25) is 10.0 Å². The molecule has 1 N–H and O–H groups in total. The van der Waals surface area contributed by atoms with E-state index in [4.69, 9.17) is 4.74 Å². The second-order valence-electron chi connectivity index (χ2n) is 5.44. The predicted octanol–water partition coefficient (Wildman–Crippen LogP) is 0.425. The minimum Gasteiger partial charge on any atom is -0.380 e. The Kier molecular flexibility index (Phi) is 4.64. The number of sulfonamides is 1. The Labute approximate surface area is 110 Å². The van der Waals surface area contributed by atoms with Gasteiger partial charge in [-0.3, -0.25) is 0 Å². The molecule has 1 saturated heterocycles. The van der Waals surface area contributed by atoms with Crippen molar-refractivity contribution in [3.63, 3.8) is 0 Å². The third-order valence-corrected chi connectivity index (χ3v) is 5.76. The average Bonchev–Trinajstić information content (AvgIpc) is 3.13. The van der Waals surface area contributed by atoms with Crippen molar-refractivity contribution in [2.45, 2.75) is 38.3 Å². The number of piperidine rings is 1. The third kappa shape index (κ3) is 3.66. The lowest BCUT2D eigenvalue weighted by Crippen LogP contribution is -2.48. The molecule has 0 aromatic rings. The van der Waals surface area contributed by atoms with Crippen LogP contribution in [0.5, 0.6) is 0 Å². The number of ether oxygens (including phenoxy) is 1. The summed E-state index contributed by atoms with van der Waals surface area (Å²) in [6, 6.07) is 0.563. The molecule has 2 unspecified atom stereocenters. The van der Waals surface area contributed by atoms with Gasteiger partial charge in [-0.05, 0) is 25.2 Å². The van der Waals surface area contributed by atoms with Crippen molar-refractivity contribution >= 4 is 10.0 Å². The van der Waals surface area contributed by atoms with Crippen LogP contribution in [0.4, 0.5) is 0 Å². The van der Waals surface area contributed by atoms with Gasteiger partial charge in [0, 0.05) is 32.8 Å². The largest absolute Gasteiger partial charge is 0.380 e. The summed E-state index contributed by atoms with van der Waals surface area (Å²) in [4.78, 5) is 0. The Bertz CT molecular complexity index is 368. The van der Waals surface area contributed by atoms with Crippen LogP contribution in [0.1, 0.15) is 26.2 Å². The Morgan fingerprint density at radius 2 is 2.06 bits per heavy atom. The molecule has 2 rings (SSSR count). The molecule has 1 saturated carbocycles. The lowest BCUT2D eigenvalue weighted by atomic mass is 9.97. The van der Waals surface area contributed by atoms with Gasteiger partial charge in [-0.25, -0.2) is 8.42 Å². The van der Waals surface area contributed by atoms with Gasteiger partial charge in [0.1, 0.15) is 0 Å². The van der Waals surface area contributed by atoms with Gasteiger partial charge in [-0.1, -0.05) is 6.92 Å². The first-order valence-electron chi connectivity index (χ1n) is 6.77. The van der Waals surface area contributed by atoms with E-state index in [-0.39, 0.29) is 11.9 Å². The summed E-state index contributed by atoms with van der Waals surface area (Å²) in [5.74, 6) is 0.639. The van der Waals surface area contributed by atoms with E-state index in [1.807, 2.05) is 0 Å². The van der Waals surface area contributed by atoms with Gasteiger partial charge in [0.05, 0.1) is 11.9 Å². The number of hydrogen-bond acceptors (Lipinski definition) is 4. The molecule has 0 amide bonds. The van der Waals surface area contributed by atoms with Gasteiger partial charge in [-0.2, -0.15) is 4.31 Å². The molecule has 1 aliphatic carbocycles. The molecule has 2 aliphatic rings. The fraction of sp³-hybridized carbons (Fsp3) is 1.00. The first kappa shape index (κ1) is 14.2. The first-order valence-corrected chi connectivity index (χ1v) is 8.38. The standard InChI is InChI=1S/C12H24N2O3S/c1-10-5-7-14(9-12(10)17-2)18(15,16)8-6-13-11-3-4-11/h10-13H,3-9H2,1-2H3. The molecule has 0 radical (unpaired) electrons. The molecule has 1 aliphatic heterocycles. The quantitative estimate of drug-likeness (QED) is 0.764. The van der Waals surface area contributed by atoms with E-state index in [1.165, 1.54) is 12.8 Å². The first-order chi connectivity index (χ1) is 8.53. The highest BCUT2D eigenvalue weighted by molar-refractivity contribution is 7.89. The van der Waals surface area contributed by atoms with E-state index in [9.17, 15) is 8.42 Å². The fourth-order valence-electron chi connectivity index (χ4n) is 2.37. The van der Waals surface area contributed by atoms with Crippen LogP contribution in [0, 0.1) is 5.92 Å². The summed E-state index contributed by atoms with van der Waals surface area (Å²) < 4.78 is 31.3. The van der Waals surface area contributed by atoms with Gasteiger partial charge in [0.25, 0.3) is 0 Å². The maximum absolute atomic E-state index is 12.2. The van der Waals surface area contributed by atoms with Crippen molar-refractivity contribution in [3.05, 3.63) is 0 Å². The van der Waals surface area contributed by atoms with Gasteiger partial charge in [-0.15, -0.1) is 0 Å². The molecule has 0 spiro atoms. The van der Waals surface area contributed by atoms with Crippen molar-refractivity contribution in [1.29, 1.82) is 0 Å². The Hall–Kier alpha value is -0.170. The zero-order chi connectivity index (χ0) is 13.2. The van der Waals surface area contributed by atoms with E-state index in [0.717, 1.165) is 6.42 Å². The molecule has 2 fully saturated rings. The van der Waals surface area contributed by atoms with E-state index >= 15 is 0 Å². The zero-order valence-electron chi connectivity index (χ0n) is 11.3. The van der Waals surface area contributed by atoms with Gasteiger partial charge in [0.15, 0.2) is 0 Å². The second kappa shape index (κ2) is 5.86. The summed E-state index contributed by atoms with van der Waals surface area (Å²) in [7, 11) is -1.47. The highest BCUT2D eigenvalue weighted by Crippen LogP contribution is 2.22. The molecular weight excluding hydrogens is 252 g/mol. The monoisotopic (exact) mass is 276 g/mol. The smallest absolute Gasteiger partial charge is 0.215 e. The Morgan fingerprint density at radius 3 is 2.67 bits per heavy atom. The van der Waals surface area contributed by atoms with Crippen LogP contribution in [-0.2, 0) is 14.8 Å². The molecule has 5 nitrogen and oxygen atoms in total. The molecule has 0 aromatic heterocycles. The molecule has 6 heteroatoms. The molecule has 0 bridgehead atoms. The topological polar surface area (TPSA) is 58.6 Å². The number of hydrogen-bond donors (Lipinski definition) is 1. The fourth-order valence-corrected chi connectivity index (χ4v) is 3.77. The average molecular weight is 276 g/mol. The minimum atomic E-state index is -3.13. The number of methoxy groups -OCH3 is 1. The highest BCUT2D eigenvalue weighted by Gasteiger charge is 2.32. The van der Waals surface area contributed by atoms with E-state index in [1.54, 1.807) is 11.4 Å². The Morgan fingerprint density at radius 1 is 1.33 bits per heavy atom. The van der Waals surface area contributed by atoms with Crippen LogP contribution >= 0.6 is 0 Å². The second-order valence-corrected chi connectivity index (χ2v) is 7.53. The van der Waals surface area contributed by atoms with Crippen LogP contribution in [-0.4, -0.2) is 57.4 Å². The normalized spacial score (nSPS) is 30.6. The van der Waals surface area contributed by atoms with Crippen molar-refractivity contribution in [2.24, 2.45) is 5.92 Å². The molecule has 106 valence electrons. The van der Waals surface area contributed by atoms with E-state index in [2.05, 4.69) is 12.2 Å². The molecule has 18 heavy (non-hydrogen) atoms. The summed E-state index contributed by atoms with van der Waals surface area (Å²) in [5.41, 5.74) is 0. The Balaban J connectivity index is 1.84. The van der Waals surface area contributed by atoms with Crippen LogP contribution in [0.2, 0.25) is 0 Å². The predicted molar refractivity (Wildman–Crippen MR) is 71.0 cm³/mol. The third-order valence-electron chi connectivity index (χ3n) is 3.92. The molecule has 0 aromatic carbocycles. The maximum Gasteiger partial charge on any atom is 0.215 e. The van der Waals surface area contributed by atoms with Crippen LogP contribution in [0.15, 0.2) is 0 Å². The minimum absolute atomic E-state index is 0.0323. The number of rotatable bonds is 6. The number of nitrogens with one attached hydrogen (secondary N) is 1. The van der Waals surface area contributed by atoms with Gasteiger partial charge < -0.3 is 10.1 Å². The molecular formula is C12H24N2O3S. The van der Waals surface area contributed by atoms with E-state index in [0.29, 0.717) is 31.6 Å². The van der Waals surface area contributed by atoms with Crippen LogP contribution < -0.4 is 5.32 Å². The van der Waals surface area contributed by atoms with Crippen molar-refractivity contribution in [2.75, 3.05) is 32.5 Å². The summed E-state index contributed by atoms with van der Waals surface area (Å²) >= 11 is 0. The highest BCUT2D eigenvalue weighted by atomic mass is 32.2. The zero-order valence-corrected chi connectivity index (χ0v) is 12.1. The molecule has 2 atom stereocenters. The number of nitrogens with zero attached hydrogens (tertiary/aromatic N) is 1. The van der Waals surface area contributed by atoms with E-state index < -0.39 is 10.0 Å². The van der Waals surface area contributed by atoms with Crippen LogP contribution in [0.3, 0.4) is 0 Å². The summed E-state index contributed by atoms with van der Waals surface area (Å²) in [6.45, 7) is 3.82. The lowest BCUT2D eigenvalue weighted by molar-refractivity contribution is 0.0184. The maximum atomic E-state index is 12.2. The van der Waals surface area contributed by atoms with Gasteiger partial charge >= 0.3 is 0 Å².